The van der Waals surface area contributed by atoms with E-state index in [1.165, 1.54) is 0 Å². The highest BCUT2D eigenvalue weighted by atomic mass is 16.4. The molecule has 0 bridgehead atoms. The Morgan fingerprint density at radius 2 is 2.11 bits per heavy atom. The molecule has 2 rings (SSSR count). The van der Waals surface area contributed by atoms with Gasteiger partial charge in [-0.15, -0.1) is 0 Å². The van der Waals surface area contributed by atoms with Crippen LogP contribution >= 0.6 is 0 Å². The highest BCUT2D eigenvalue weighted by Gasteiger charge is 2.19. The molecule has 2 atom stereocenters. The molecular formula is C14H18N2O3. The summed E-state index contributed by atoms with van der Waals surface area (Å²) in [6, 6.07) is 5.06. The van der Waals surface area contributed by atoms with Crippen LogP contribution in [0.15, 0.2) is 18.2 Å². The number of hydrogen-bond acceptors (Lipinski definition) is 3. The Morgan fingerprint density at radius 1 is 1.42 bits per heavy atom. The molecule has 1 heterocycles. The largest absolute Gasteiger partial charge is 0.478 e. The van der Waals surface area contributed by atoms with Crippen molar-refractivity contribution in [3.05, 3.63) is 29.6 Å². The number of rotatable bonds is 4. The van der Waals surface area contributed by atoms with Gasteiger partial charge in [0, 0.05) is 6.04 Å². The molecule has 0 aliphatic carbocycles. The van der Waals surface area contributed by atoms with Crippen LogP contribution in [0.2, 0.25) is 0 Å². The standard InChI is InChI=1S/C14H18N2O3/c1-4-8(2)16-12-6-5-10(14(18)19)7-11(12)15-13(16)9(3)17/h5-9,17H,4H2,1-3H3,(H,18,19). The number of hydrogen-bond donors (Lipinski definition) is 2. The lowest BCUT2D eigenvalue weighted by molar-refractivity contribution is 0.0697. The summed E-state index contributed by atoms with van der Waals surface area (Å²) in [6.07, 6.45) is 0.223. The Hall–Kier alpha value is -1.88. The fourth-order valence-corrected chi connectivity index (χ4v) is 2.19. The third-order valence-electron chi connectivity index (χ3n) is 3.37. The molecule has 102 valence electrons. The molecule has 19 heavy (non-hydrogen) atoms. The summed E-state index contributed by atoms with van der Waals surface area (Å²) in [5.74, 6) is -0.398. The third-order valence-corrected chi connectivity index (χ3v) is 3.37. The Labute approximate surface area is 111 Å². The summed E-state index contributed by atoms with van der Waals surface area (Å²) in [7, 11) is 0. The van der Waals surface area contributed by atoms with Crippen LogP contribution in [0.3, 0.4) is 0 Å². The van der Waals surface area contributed by atoms with Gasteiger partial charge < -0.3 is 14.8 Å². The summed E-state index contributed by atoms with van der Waals surface area (Å²) in [5.41, 5.74) is 1.67. The van der Waals surface area contributed by atoms with E-state index in [4.69, 9.17) is 5.11 Å². The number of aliphatic hydroxyl groups is 1. The second-order valence-electron chi connectivity index (χ2n) is 4.78. The van der Waals surface area contributed by atoms with Crippen molar-refractivity contribution in [3.63, 3.8) is 0 Å². The number of nitrogens with zero attached hydrogens (tertiary/aromatic N) is 2. The lowest BCUT2D eigenvalue weighted by Gasteiger charge is -2.17. The topological polar surface area (TPSA) is 75.3 Å². The minimum atomic E-state index is -0.974. The van der Waals surface area contributed by atoms with Gasteiger partial charge in [0.25, 0.3) is 0 Å². The van der Waals surface area contributed by atoms with Gasteiger partial charge in [-0.1, -0.05) is 6.92 Å². The van der Waals surface area contributed by atoms with Crippen molar-refractivity contribution in [2.45, 2.75) is 39.3 Å². The zero-order chi connectivity index (χ0) is 14.2. The van der Waals surface area contributed by atoms with E-state index >= 15 is 0 Å². The predicted molar refractivity (Wildman–Crippen MR) is 72.3 cm³/mol. The van der Waals surface area contributed by atoms with Crippen molar-refractivity contribution in [2.75, 3.05) is 0 Å². The van der Waals surface area contributed by atoms with Gasteiger partial charge in [-0.2, -0.15) is 0 Å². The lowest BCUT2D eigenvalue weighted by atomic mass is 10.2. The zero-order valence-electron chi connectivity index (χ0n) is 11.3. The first kappa shape index (κ1) is 13.5. The Bertz CT molecular complexity index is 616. The number of imidazole rings is 1. The molecule has 0 aliphatic heterocycles. The highest BCUT2D eigenvalue weighted by Crippen LogP contribution is 2.27. The number of aliphatic hydroxyl groups excluding tert-OH is 1. The van der Waals surface area contributed by atoms with Gasteiger partial charge in [0.1, 0.15) is 11.9 Å². The molecule has 0 aliphatic rings. The van der Waals surface area contributed by atoms with Crippen molar-refractivity contribution >= 4 is 17.0 Å². The van der Waals surface area contributed by atoms with E-state index in [0.717, 1.165) is 11.9 Å². The van der Waals surface area contributed by atoms with Crippen LogP contribution in [0.25, 0.3) is 11.0 Å². The second kappa shape index (κ2) is 5.01. The number of fused-ring (bicyclic) bond motifs is 1. The number of aromatic nitrogens is 2. The molecule has 2 unspecified atom stereocenters. The zero-order valence-corrected chi connectivity index (χ0v) is 11.3. The minimum absolute atomic E-state index is 0.199. The highest BCUT2D eigenvalue weighted by molar-refractivity contribution is 5.92. The average molecular weight is 262 g/mol. The van der Waals surface area contributed by atoms with E-state index in [1.54, 1.807) is 25.1 Å². The molecule has 1 aromatic heterocycles. The smallest absolute Gasteiger partial charge is 0.335 e. The van der Waals surface area contributed by atoms with E-state index in [-0.39, 0.29) is 11.6 Å². The van der Waals surface area contributed by atoms with Crippen LogP contribution < -0.4 is 0 Å². The number of carbonyl (C=O) groups is 1. The van der Waals surface area contributed by atoms with Crippen LogP contribution in [-0.4, -0.2) is 25.7 Å². The SMILES string of the molecule is CCC(C)n1c(C(C)O)nc2cc(C(=O)O)ccc21. The fraction of sp³-hybridized carbons (Fsp3) is 0.429. The average Bonchev–Trinajstić information content (AvgIpc) is 2.76. The van der Waals surface area contributed by atoms with E-state index < -0.39 is 12.1 Å². The van der Waals surface area contributed by atoms with E-state index in [1.807, 2.05) is 4.57 Å². The van der Waals surface area contributed by atoms with Crippen molar-refractivity contribution < 1.29 is 15.0 Å². The summed E-state index contributed by atoms with van der Waals surface area (Å²) >= 11 is 0. The maximum absolute atomic E-state index is 11.0. The van der Waals surface area contributed by atoms with Crippen LogP contribution in [0.4, 0.5) is 0 Å². The molecule has 0 amide bonds. The van der Waals surface area contributed by atoms with Gasteiger partial charge in [0.2, 0.25) is 0 Å². The molecule has 0 saturated heterocycles. The third kappa shape index (κ3) is 2.33. The summed E-state index contributed by atoms with van der Waals surface area (Å²) in [4.78, 5) is 15.4. The fourth-order valence-electron chi connectivity index (χ4n) is 2.19. The first-order chi connectivity index (χ1) is 8.95. The number of benzene rings is 1. The molecule has 0 radical (unpaired) electrons. The van der Waals surface area contributed by atoms with Crippen molar-refractivity contribution in [1.82, 2.24) is 9.55 Å². The van der Waals surface area contributed by atoms with Crippen LogP contribution in [0.1, 0.15) is 55.5 Å². The molecule has 5 nitrogen and oxygen atoms in total. The number of carboxylic acid groups (broad SMARTS) is 1. The minimum Gasteiger partial charge on any atom is -0.478 e. The molecule has 5 heteroatoms. The molecule has 1 aromatic carbocycles. The quantitative estimate of drug-likeness (QED) is 0.888. The maximum Gasteiger partial charge on any atom is 0.335 e. The molecule has 0 saturated carbocycles. The number of carboxylic acids is 1. The molecule has 0 fully saturated rings. The van der Waals surface area contributed by atoms with Gasteiger partial charge in [-0.25, -0.2) is 9.78 Å². The molecule has 0 spiro atoms. The van der Waals surface area contributed by atoms with Gasteiger partial charge in [0.15, 0.2) is 0 Å². The van der Waals surface area contributed by atoms with Gasteiger partial charge in [0.05, 0.1) is 16.6 Å². The van der Waals surface area contributed by atoms with E-state index in [2.05, 4.69) is 18.8 Å². The van der Waals surface area contributed by atoms with Crippen molar-refractivity contribution in [1.29, 1.82) is 0 Å². The number of aromatic carboxylic acids is 1. The van der Waals surface area contributed by atoms with E-state index in [0.29, 0.717) is 11.3 Å². The maximum atomic E-state index is 11.0. The summed E-state index contributed by atoms with van der Waals surface area (Å²) < 4.78 is 1.98. The van der Waals surface area contributed by atoms with Crippen molar-refractivity contribution in [3.8, 4) is 0 Å². The monoisotopic (exact) mass is 262 g/mol. The molecule has 2 N–H and O–H groups in total. The second-order valence-corrected chi connectivity index (χ2v) is 4.78. The van der Waals surface area contributed by atoms with Gasteiger partial charge in [-0.05, 0) is 38.5 Å². The van der Waals surface area contributed by atoms with Gasteiger partial charge in [-0.3, -0.25) is 0 Å². The van der Waals surface area contributed by atoms with Crippen LogP contribution in [-0.2, 0) is 0 Å². The Kier molecular flexibility index (Phi) is 3.57. The predicted octanol–water partition coefficient (Wildman–Crippen LogP) is 2.76. The summed E-state index contributed by atoms with van der Waals surface area (Å²) in [5, 5.41) is 18.8. The molecule has 2 aromatic rings. The van der Waals surface area contributed by atoms with E-state index in [9.17, 15) is 9.90 Å². The Balaban J connectivity index is 2.70. The first-order valence-corrected chi connectivity index (χ1v) is 6.39. The first-order valence-electron chi connectivity index (χ1n) is 6.39. The normalized spacial score (nSPS) is 14.5. The lowest BCUT2D eigenvalue weighted by Crippen LogP contribution is -2.10. The Morgan fingerprint density at radius 3 is 2.63 bits per heavy atom. The molecular weight excluding hydrogens is 244 g/mol. The van der Waals surface area contributed by atoms with Gasteiger partial charge >= 0.3 is 5.97 Å². The van der Waals surface area contributed by atoms with Crippen LogP contribution in [0.5, 0.6) is 0 Å². The summed E-state index contributed by atoms with van der Waals surface area (Å²) in [6.45, 7) is 5.78. The van der Waals surface area contributed by atoms with Crippen molar-refractivity contribution in [2.24, 2.45) is 0 Å². The van der Waals surface area contributed by atoms with Crippen LogP contribution in [0, 0.1) is 0 Å².